The Morgan fingerprint density at radius 1 is 1.12 bits per heavy atom. The topological polar surface area (TPSA) is 62.3 Å². The first kappa shape index (κ1) is 17.6. The Labute approximate surface area is 152 Å². The van der Waals surface area contributed by atoms with Crippen molar-refractivity contribution in [1.29, 1.82) is 0 Å². The van der Waals surface area contributed by atoms with Crippen molar-refractivity contribution in [3.63, 3.8) is 0 Å². The van der Waals surface area contributed by atoms with E-state index in [9.17, 15) is 9.59 Å². The van der Waals surface area contributed by atoms with Gasteiger partial charge in [-0.2, -0.15) is 0 Å². The van der Waals surface area contributed by atoms with Gasteiger partial charge in [-0.3, -0.25) is 14.9 Å². The highest BCUT2D eigenvalue weighted by Crippen LogP contribution is 2.27. The molecule has 3 rings (SSSR count). The van der Waals surface area contributed by atoms with E-state index in [0.29, 0.717) is 10.7 Å². The smallest absolute Gasteiger partial charge is 0.257 e. The van der Waals surface area contributed by atoms with Crippen molar-refractivity contribution in [2.24, 2.45) is 0 Å². The summed E-state index contributed by atoms with van der Waals surface area (Å²) in [5, 5.41) is 5.17. The molecule has 0 unspecified atom stereocenters. The predicted molar refractivity (Wildman–Crippen MR) is 101 cm³/mol. The number of aromatic nitrogens is 1. The van der Waals surface area contributed by atoms with E-state index in [1.54, 1.807) is 25.3 Å². The number of hydrogen-bond donors (Lipinski definition) is 1. The molecule has 6 heteroatoms. The minimum Gasteiger partial charge on any atom is -0.310 e. The number of nitrogens with zero attached hydrogens (tertiary/aromatic N) is 2. The second-order valence-electron chi connectivity index (χ2n) is 6.37. The Kier molecular flexibility index (Phi) is 5.81. The third-order valence-electron chi connectivity index (χ3n) is 4.59. The molecule has 1 heterocycles. The normalized spacial score (nSPS) is 15.4. The Morgan fingerprint density at radius 3 is 2.36 bits per heavy atom. The average Bonchev–Trinajstić information content (AvgIpc) is 2.97. The molecular weight excluding hydrogens is 334 g/mol. The van der Waals surface area contributed by atoms with E-state index in [1.807, 2.05) is 22.4 Å². The van der Waals surface area contributed by atoms with Gasteiger partial charge in [0.1, 0.15) is 0 Å². The van der Waals surface area contributed by atoms with Crippen LogP contribution in [-0.2, 0) is 4.79 Å². The maximum Gasteiger partial charge on any atom is 0.257 e. The van der Waals surface area contributed by atoms with E-state index >= 15 is 0 Å². The predicted octanol–water partition coefficient (Wildman–Crippen LogP) is 4.47. The minimum atomic E-state index is -0.189. The zero-order valence-electron chi connectivity index (χ0n) is 14.4. The Morgan fingerprint density at radius 2 is 1.80 bits per heavy atom. The summed E-state index contributed by atoms with van der Waals surface area (Å²) in [6.07, 6.45) is 8.58. The number of anilines is 2. The van der Waals surface area contributed by atoms with Gasteiger partial charge >= 0.3 is 0 Å². The highest BCUT2D eigenvalue weighted by Gasteiger charge is 2.24. The summed E-state index contributed by atoms with van der Waals surface area (Å²) >= 11 is 1.38. The first-order valence-electron chi connectivity index (χ1n) is 8.76. The highest BCUT2D eigenvalue weighted by atomic mass is 32.1. The van der Waals surface area contributed by atoms with Crippen LogP contribution in [0.5, 0.6) is 0 Å². The van der Waals surface area contributed by atoms with Crippen molar-refractivity contribution in [3.8, 4) is 0 Å². The van der Waals surface area contributed by atoms with Crippen molar-refractivity contribution < 1.29 is 9.59 Å². The van der Waals surface area contributed by atoms with E-state index in [0.717, 1.165) is 18.5 Å². The molecule has 1 fully saturated rings. The molecule has 0 radical (unpaired) electrons. The number of carbonyl (C=O) groups excluding carboxylic acids is 2. The van der Waals surface area contributed by atoms with Gasteiger partial charge in [0.15, 0.2) is 5.13 Å². The van der Waals surface area contributed by atoms with Crippen molar-refractivity contribution in [1.82, 2.24) is 4.98 Å². The zero-order chi connectivity index (χ0) is 17.6. The van der Waals surface area contributed by atoms with Gasteiger partial charge in [0.25, 0.3) is 5.91 Å². The molecule has 0 aliphatic heterocycles. The van der Waals surface area contributed by atoms with Crippen molar-refractivity contribution in [3.05, 3.63) is 41.4 Å². The lowest BCUT2D eigenvalue weighted by Crippen LogP contribution is -2.38. The maximum absolute atomic E-state index is 12.2. The van der Waals surface area contributed by atoms with Crippen LogP contribution in [0.15, 0.2) is 35.8 Å². The van der Waals surface area contributed by atoms with Crippen LogP contribution in [0.3, 0.4) is 0 Å². The first-order valence-corrected chi connectivity index (χ1v) is 9.64. The Balaban J connectivity index is 1.74. The minimum absolute atomic E-state index is 0.0619. The average molecular weight is 357 g/mol. The van der Waals surface area contributed by atoms with Crippen LogP contribution in [-0.4, -0.2) is 22.8 Å². The molecule has 0 atom stereocenters. The van der Waals surface area contributed by atoms with Crippen molar-refractivity contribution in [2.75, 3.05) is 10.2 Å². The second-order valence-corrected chi connectivity index (χ2v) is 7.27. The maximum atomic E-state index is 12.2. The van der Waals surface area contributed by atoms with Gasteiger partial charge in [0, 0.05) is 35.8 Å². The summed E-state index contributed by atoms with van der Waals surface area (Å²) in [5.74, 6) is -0.128. The molecule has 5 nitrogen and oxygen atoms in total. The SMILES string of the molecule is CC(=O)N(c1ccc(C(=O)Nc2nccs2)cc1)C1CCCCCC1. The summed E-state index contributed by atoms with van der Waals surface area (Å²) in [6, 6.07) is 7.53. The molecule has 25 heavy (non-hydrogen) atoms. The summed E-state index contributed by atoms with van der Waals surface area (Å²) < 4.78 is 0. The quantitative estimate of drug-likeness (QED) is 0.821. The summed E-state index contributed by atoms with van der Waals surface area (Å²) in [6.45, 7) is 1.62. The van der Waals surface area contributed by atoms with Gasteiger partial charge in [-0.25, -0.2) is 4.98 Å². The van der Waals surface area contributed by atoms with Gasteiger partial charge in [-0.15, -0.1) is 11.3 Å². The molecule has 0 bridgehead atoms. The molecule has 2 aromatic rings. The number of benzene rings is 1. The fourth-order valence-electron chi connectivity index (χ4n) is 3.39. The van der Waals surface area contributed by atoms with Crippen LogP contribution in [0.1, 0.15) is 55.8 Å². The first-order chi connectivity index (χ1) is 12.1. The fourth-order valence-corrected chi connectivity index (χ4v) is 3.92. The number of nitrogens with one attached hydrogen (secondary N) is 1. The van der Waals surface area contributed by atoms with E-state index in [-0.39, 0.29) is 17.9 Å². The van der Waals surface area contributed by atoms with Crippen molar-refractivity contribution >= 4 is 34.0 Å². The number of carbonyl (C=O) groups is 2. The largest absolute Gasteiger partial charge is 0.310 e. The van der Waals surface area contributed by atoms with Gasteiger partial charge in [-0.1, -0.05) is 25.7 Å². The number of hydrogen-bond acceptors (Lipinski definition) is 4. The van der Waals surface area contributed by atoms with Crippen LogP contribution in [0, 0.1) is 0 Å². The molecule has 132 valence electrons. The lowest BCUT2D eigenvalue weighted by Gasteiger charge is -2.30. The molecule has 1 N–H and O–H groups in total. The Hall–Kier alpha value is -2.21. The van der Waals surface area contributed by atoms with E-state index in [4.69, 9.17) is 0 Å². The second kappa shape index (κ2) is 8.25. The highest BCUT2D eigenvalue weighted by molar-refractivity contribution is 7.13. The summed E-state index contributed by atoms with van der Waals surface area (Å²) in [7, 11) is 0. The molecule has 1 saturated carbocycles. The van der Waals surface area contributed by atoms with Gasteiger partial charge < -0.3 is 4.90 Å². The standard InChI is InChI=1S/C19H23N3O2S/c1-14(23)22(16-6-4-2-3-5-7-16)17-10-8-15(9-11-17)18(24)21-19-20-12-13-25-19/h8-13,16H,2-7H2,1H3,(H,20,21,24). The lowest BCUT2D eigenvalue weighted by molar-refractivity contribution is -0.117. The molecule has 1 aliphatic rings. The van der Waals surface area contributed by atoms with Crippen molar-refractivity contribution in [2.45, 2.75) is 51.5 Å². The molecule has 0 saturated heterocycles. The van der Waals surface area contributed by atoms with Crippen LogP contribution >= 0.6 is 11.3 Å². The molecule has 1 aliphatic carbocycles. The number of thiazole rings is 1. The number of amides is 2. The molecule has 2 amide bonds. The van der Waals surface area contributed by atoms with E-state index in [1.165, 1.54) is 37.0 Å². The van der Waals surface area contributed by atoms with Crippen LogP contribution < -0.4 is 10.2 Å². The molecular formula is C19H23N3O2S. The van der Waals surface area contributed by atoms with Gasteiger partial charge in [-0.05, 0) is 37.1 Å². The molecule has 1 aromatic heterocycles. The number of rotatable bonds is 4. The van der Waals surface area contributed by atoms with Crippen LogP contribution in [0.2, 0.25) is 0 Å². The fraction of sp³-hybridized carbons (Fsp3) is 0.421. The third-order valence-corrected chi connectivity index (χ3v) is 5.28. The lowest BCUT2D eigenvalue weighted by atomic mass is 10.1. The van der Waals surface area contributed by atoms with E-state index in [2.05, 4.69) is 10.3 Å². The van der Waals surface area contributed by atoms with Crippen LogP contribution in [0.25, 0.3) is 0 Å². The van der Waals surface area contributed by atoms with Crippen LogP contribution in [0.4, 0.5) is 10.8 Å². The summed E-state index contributed by atoms with van der Waals surface area (Å²) in [4.78, 5) is 30.4. The van der Waals surface area contributed by atoms with E-state index < -0.39 is 0 Å². The zero-order valence-corrected chi connectivity index (χ0v) is 15.2. The Bertz CT molecular complexity index is 705. The van der Waals surface area contributed by atoms with Gasteiger partial charge in [0.2, 0.25) is 5.91 Å². The molecule has 0 spiro atoms. The monoisotopic (exact) mass is 357 g/mol. The summed E-state index contributed by atoms with van der Waals surface area (Å²) in [5.41, 5.74) is 1.42. The van der Waals surface area contributed by atoms with Gasteiger partial charge in [0.05, 0.1) is 0 Å². The third kappa shape index (κ3) is 4.45. The molecule has 1 aromatic carbocycles.